The lowest BCUT2D eigenvalue weighted by atomic mass is 10.1. The van der Waals surface area contributed by atoms with Crippen molar-refractivity contribution in [1.29, 1.82) is 0 Å². The Kier molecular flexibility index (Phi) is 5.66. The maximum absolute atomic E-state index is 10.9. The summed E-state index contributed by atoms with van der Waals surface area (Å²) in [5, 5.41) is 19.7. The molecule has 0 bridgehead atoms. The Hall–Kier alpha value is -3.40. The fourth-order valence-electron chi connectivity index (χ4n) is 3.52. The number of aromatic amines is 1. The second-order valence-corrected chi connectivity index (χ2v) is 7.33. The standard InChI is InChI=1S/C20H24N6O4/c1-26-5-3-13(4-6-26)30-16-10-14(29-2)9-15-19(16)20(22-11-21-15)23-17-7-12(24-25-17)8-18(27)28/h7,9-11,13H,3-6,8H2,1-2H3,(H,27,28)(H2,21,22,23,24,25). The zero-order valence-corrected chi connectivity index (χ0v) is 16.9. The van der Waals surface area contributed by atoms with Crippen LogP contribution in [0.25, 0.3) is 10.9 Å². The Morgan fingerprint density at radius 2 is 2.10 bits per heavy atom. The number of aromatic nitrogens is 4. The number of nitrogens with one attached hydrogen (secondary N) is 2. The summed E-state index contributed by atoms with van der Waals surface area (Å²) in [6.45, 7) is 1.96. The van der Waals surface area contributed by atoms with Crippen LogP contribution in [-0.2, 0) is 11.2 Å². The van der Waals surface area contributed by atoms with Gasteiger partial charge in [-0.05, 0) is 19.9 Å². The van der Waals surface area contributed by atoms with Gasteiger partial charge in [-0.3, -0.25) is 9.89 Å². The van der Waals surface area contributed by atoms with Gasteiger partial charge in [-0.1, -0.05) is 0 Å². The summed E-state index contributed by atoms with van der Waals surface area (Å²) in [6.07, 6.45) is 3.26. The van der Waals surface area contributed by atoms with Crippen molar-refractivity contribution in [3.05, 3.63) is 30.2 Å². The molecule has 3 N–H and O–H groups in total. The van der Waals surface area contributed by atoms with Gasteiger partial charge in [0.2, 0.25) is 0 Å². The number of rotatable bonds is 7. The number of likely N-dealkylation sites (tertiary alicyclic amines) is 1. The number of piperidine rings is 1. The summed E-state index contributed by atoms with van der Waals surface area (Å²) in [6, 6.07) is 5.31. The van der Waals surface area contributed by atoms with Gasteiger partial charge in [-0.2, -0.15) is 5.10 Å². The van der Waals surface area contributed by atoms with E-state index >= 15 is 0 Å². The fourth-order valence-corrected chi connectivity index (χ4v) is 3.52. The average Bonchev–Trinajstić information content (AvgIpc) is 3.15. The van der Waals surface area contributed by atoms with Crippen molar-refractivity contribution in [1.82, 2.24) is 25.1 Å². The fraction of sp³-hybridized carbons (Fsp3) is 0.400. The lowest BCUT2D eigenvalue weighted by Gasteiger charge is -2.29. The number of fused-ring (bicyclic) bond motifs is 1. The highest BCUT2D eigenvalue weighted by molar-refractivity contribution is 5.96. The third kappa shape index (κ3) is 4.43. The first kappa shape index (κ1) is 19.9. The van der Waals surface area contributed by atoms with Crippen LogP contribution in [0.4, 0.5) is 11.6 Å². The highest BCUT2D eigenvalue weighted by Gasteiger charge is 2.21. The SMILES string of the molecule is COc1cc(OC2CCN(C)CC2)c2c(Nc3cc(CC(=O)O)n[nH]3)ncnc2c1. The zero-order chi connectivity index (χ0) is 21.1. The quantitative estimate of drug-likeness (QED) is 0.535. The minimum absolute atomic E-state index is 0.0962. The van der Waals surface area contributed by atoms with E-state index in [9.17, 15) is 4.79 Å². The molecule has 0 radical (unpaired) electrons. The van der Waals surface area contributed by atoms with Crippen molar-refractivity contribution >= 4 is 28.5 Å². The Morgan fingerprint density at radius 1 is 1.30 bits per heavy atom. The minimum Gasteiger partial charge on any atom is -0.497 e. The Labute approximate surface area is 173 Å². The van der Waals surface area contributed by atoms with E-state index in [1.54, 1.807) is 13.2 Å². The van der Waals surface area contributed by atoms with Crippen LogP contribution < -0.4 is 14.8 Å². The number of methoxy groups -OCH3 is 1. The average molecular weight is 412 g/mol. The summed E-state index contributed by atoms with van der Waals surface area (Å²) in [5.74, 6) is 1.43. The van der Waals surface area contributed by atoms with Gasteiger partial charge in [-0.15, -0.1) is 0 Å². The van der Waals surface area contributed by atoms with Crippen LogP contribution in [0.3, 0.4) is 0 Å². The van der Waals surface area contributed by atoms with Gasteiger partial charge in [0.15, 0.2) is 0 Å². The molecule has 1 saturated heterocycles. The molecule has 1 aromatic carbocycles. The molecule has 4 rings (SSSR count). The highest BCUT2D eigenvalue weighted by Crippen LogP contribution is 2.36. The predicted octanol–water partition coefficient (Wildman–Crippen LogP) is 2.21. The molecule has 0 spiro atoms. The lowest BCUT2D eigenvalue weighted by molar-refractivity contribution is -0.136. The van der Waals surface area contributed by atoms with Crippen LogP contribution in [0.1, 0.15) is 18.5 Å². The summed E-state index contributed by atoms with van der Waals surface area (Å²) < 4.78 is 11.8. The number of carbonyl (C=O) groups is 1. The van der Waals surface area contributed by atoms with Gasteiger partial charge in [0.25, 0.3) is 0 Å². The molecule has 1 aliphatic rings. The molecule has 2 aromatic heterocycles. The van der Waals surface area contributed by atoms with E-state index in [1.807, 2.05) is 12.1 Å². The van der Waals surface area contributed by atoms with Crippen LogP contribution >= 0.6 is 0 Å². The number of aliphatic carboxylic acids is 1. The topological polar surface area (TPSA) is 125 Å². The van der Waals surface area contributed by atoms with Gasteiger partial charge in [0.1, 0.15) is 35.6 Å². The van der Waals surface area contributed by atoms with Gasteiger partial charge >= 0.3 is 5.97 Å². The van der Waals surface area contributed by atoms with Crippen LogP contribution in [0.5, 0.6) is 11.5 Å². The van der Waals surface area contributed by atoms with Gasteiger partial charge in [0.05, 0.1) is 30.1 Å². The van der Waals surface area contributed by atoms with E-state index in [0.717, 1.165) is 31.3 Å². The molecular weight excluding hydrogens is 388 g/mol. The molecule has 0 atom stereocenters. The molecule has 0 aliphatic carbocycles. The van der Waals surface area contributed by atoms with E-state index in [0.29, 0.717) is 34.3 Å². The van der Waals surface area contributed by atoms with Crippen molar-refractivity contribution in [2.24, 2.45) is 0 Å². The van der Waals surface area contributed by atoms with Crippen LogP contribution in [0.15, 0.2) is 24.5 Å². The number of hydrogen-bond donors (Lipinski definition) is 3. The van der Waals surface area contributed by atoms with Crippen molar-refractivity contribution in [2.75, 3.05) is 32.6 Å². The molecular formula is C20H24N6O4. The molecule has 0 saturated carbocycles. The summed E-state index contributed by atoms with van der Waals surface area (Å²) in [4.78, 5) is 21.9. The first-order valence-electron chi connectivity index (χ1n) is 9.73. The third-order valence-corrected chi connectivity index (χ3v) is 5.09. The van der Waals surface area contributed by atoms with Gasteiger partial charge < -0.3 is 24.8 Å². The van der Waals surface area contributed by atoms with E-state index < -0.39 is 5.97 Å². The monoisotopic (exact) mass is 412 g/mol. The first-order valence-corrected chi connectivity index (χ1v) is 9.73. The number of benzene rings is 1. The van der Waals surface area contributed by atoms with E-state index in [-0.39, 0.29) is 12.5 Å². The van der Waals surface area contributed by atoms with Crippen molar-refractivity contribution in [3.8, 4) is 11.5 Å². The number of hydrogen-bond acceptors (Lipinski definition) is 8. The molecule has 0 amide bonds. The Morgan fingerprint density at radius 3 is 2.83 bits per heavy atom. The van der Waals surface area contributed by atoms with Crippen LogP contribution in [-0.4, -0.2) is 69.5 Å². The molecule has 3 heterocycles. The summed E-state index contributed by atoms with van der Waals surface area (Å²) >= 11 is 0. The second kappa shape index (κ2) is 8.54. The predicted molar refractivity (Wildman–Crippen MR) is 110 cm³/mol. The van der Waals surface area contributed by atoms with Crippen molar-refractivity contribution < 1.29 is 19.4 Å². The summed E-state index contributed by atoms with van der Waals surface area (Å²) in [7, 11) is 3.71. The zero-order valence-electron chi connectivity index (χ0n) is 16.9. The van der Waals surface area contributed by atoms with Crippen molar-refractivity contribution in [3.63, 3.8) is 0 Å². The van der Waals surface area contributed by atoms with Gasteiger partial charge in [0, 0.05) is 31.3 Å². The number of nitrogens with zero attached hydrogens (tertiary/aromatic N) is 4. The third-order valence-electron chi connectivity index (χ3n) is 5.09. The normalized spacial score (nSPS) is 15.3. The number of ether oxygens (including phenoxy) is 2. The van der Waals surface area contributed by atoms with Crippen LogP contribution in [0, 0.1) is 0 Å². The number of H-pyrrole nitrogens is 1. The summed E-state index contributed by atoms with van der Waals surface area (Å²) in [5.41, 5.74) is 1.10. The maximum Gasteiger partial charge on any atom is 0.309 e. The van der Waals surface area contributed by atoms with Gasteiger partial charge in [-0.25, -0.2) is 9.97 Å². The molecule has 10 nitrogen and oxygen atoms in total. The highest BCUT2D eigenvalue weighted by atomic mass is 16.5. The smallest absolute Gasteiger partial charge is 0.309 e. The number of anilines is 2. The Bertz CT molecular complexity index is 1040. The van der Waals surface area contributed by atoms with E-state index in [4.69, 9.17) is 14.6 Å². The molecule has 1 fully saturated rings. The van der Waals surface area contributed by atoms with E-state index in [1.165, 1.54) is 6.33 Å². The maximum atomic E-state index is 10.9. The van der Waals surface area contributed by atoms with Crippen molar-refractivity contribution in [2.45, 2.75) is 25.4 Å². The van der Waals surface area contributed by atoms with Crippen LogP contribution in [0.2, 0.25) is 0 Å². The lowest BCUT2D eigenvalue weighted by Crippen LogP contribution is -2.35. The largest absolute Gasteiger partial charge is 0.497 e. The second-order valence-electron chi connectivity index (χ2n) is 7.33. The van der Waals surface area contributed by atoms with E-state index in [2.05, 4.69) is 37.4 Å². The minimum atomic E-state index is -0.943. The molecule has 3 aromatic rings. The molecule has 1 aliphatic heterocycles. The molecule has 10 heteroatoms. The molecule has 30 heavy (non-hydrogen) atoms. The molecule has 158 valence electrons. The Balaban J connectivity index is 1.67. The molecule has 0 unspecified atom stereocenters. The number of carboxylic acids is 1. The first-order chi connectivity index (χ1) is 14.5. The number of carboxylic acid groups (broad SMARTS) is 1.